The smallest absolute Gasteiger partial charge is 0.261 e. The zero-order valence-electron chi connectivity index (χ0n) is 16.2. The highest BCUT2D eigenvalue weighted by molar-refractivity contribution is 5.91. The molecule has 1 aliphatic carbocycles. The van der Waals surface area contributed by atoms with Crippen LogP contribution < -0.4 is 10.9 Å². The lowest BCUT2D eigenvalue weighted by Gasteiger charge is -2.27. The lowest BCUT2D eigenvalue weighted by atomic mass is 9.85. The van der Waals surface area contributed by atoms with Gasteiger partial charge in [0.2, 0.25) is 0 Å². The Hall–Kier alpha value is -3.86. The van der Waals surface area contributed by atoms with E-state index in [2.05, 4.69) is 21.4 Å². The Kier molecular flexibility index (Phi) is 4.56. The van der Waals surface area contributed by atoms with E-state index in [1.54, 1.807) is 12.4 Å². The monoisotopic (exact) mass is 400 g/mol. The average Bonchev–Trinajstić information content (AvgIpc) is 3.44. The number of fused-ring (bicyclic) bond motifs is 1. The Bertz CT molecular complexity index is 1260. The van der Waals surface area contributed by atoms with E-state index in [0.717, 1.165) is 42.5 Å². The molecule has 8 nitrogen and oxygen atoms in total. The van der Waals surface area contributed by atoms with E-state index in [9.17, 15) is 10.1 Å². The minimum atomic E-state index is -0.205. The lowest BCUT2D eigenvalue weighted by molar-refractivity contribution is 0.277. The zero-order valence-corrected chi connectivity index (χ0v) is 16.2. The van der Waals surface area contributed by atoms with Gasteiger partial charge in [0.05, 0.1) is 29.7 Å². The number of pyridine rings is 1. The van der Waals surface area contributed by atoms with Crippen molar-refractivity contribution in [3.8, 4) is 17.4 Å². The van der Waals surface area contributed by atoms with Gasteiger partial charge in [-0.2, -0.15) is 10.4 Å². The van der Waals surface area contributed by atoms with Crippen LogP contribution in [0.4, 0.5) is 11.5 Å². The van der Waals surface area contributed by atoms with Gasteiger partial charge in [0, 0.05) is 17.4 Å². The Morgan fingerprint density at radius 3 is 2.80 bits per heavy atom. The number of nitrogens with zero attached hydrogens (tertiary/aromatic N) is 4. The van der Waals surface area contributed by atoms with E-state index in [1.165, 1.54) is 6.39 Å². The highest BCUT2D eigenvalue weighted by Gasteiger charge is 2.29. The molecular weight excluding hydrogens is 380 g/mol. The molecule has 0 radical (unpaired) electrons. The minimum absolute atomic E-state index is 0.0302. The summed E-state index contributed by atoms with van der Waals surface area (Å²) >= 11 is 0. The van der Waals surface area contributed by atoms with Crippen molar-refractivity contribution in [2.75, 3.05) is 5.32 Å². The number of H-pyrrole nitrogens is 1. The summed E-state index contributed by atoms with van der Waals surface area (Å²) < 4.78 is 7.19. The number of aromatic amines is 1. The summed E-state index contributed by atoms with van der Waals surface area (Å²) in [6.07, 6.45) is 8.53. The highest BCUT2D eigenvalue weighted by atomic mass is 16.3. The molecular formula is C22H20N6O2. The quantitative estimate of drug-likeness (QED) is 0.526. The summed E-state index contributed by atoms with van der Waals surface area (Å²) in [6, 6.07) is 11.9. The molecule has 1 saturated carbocycles. The van der Waals surface area contributed by atoms with Crippen molar-refractivity contribution in [3.05, 3.63) is 59.5 Å². The standard InChI is InChI=1S/C22H20N6O2/c23-11-15-3-1-2-4-17(15)28-18-9-10-25-22(29)20(18)21(27-28)26-16-7-5-14(6-8-16)19-12-24-13-30-19/h5-10,12-13,15,17H,1-4H2,(H,25,29)(H,26,27)/t15?,17-/m0/s1. The second-order valence-electron chi connectivity index (χ2n) is 7.52. The van der Waals surface area contributed by atoms with Crippen molar-refractivity contribution in [2.45, 2.75) is 31.7 Å². The Morgan fingerprint density at radius 1 is 1.20 bits per heavy atom. The molecule has 1 aromatic carbocycles. The second kappa shape index (κ2) is 7.52. The van der Waals surface area contributed by atoms with E-state index in [1.807, 2.05) is 35.0 Å². The first-order valence-electron chi connectivity index (χ1n) is 10.00. The number of rotatable bonds is 4. The molecule has 1 unspecified atom stereocenters. The second-order valence-corrected chi connectivity index (χ2v) is 7.52. The Balaban J connectivity index is 1.53. The fourth-order valence-corrected chi connectivity index (χ4v) is 4.21. The first-order chi connectivity index (χ1) is 14.7. The predicted octanol–water partition coefficient (Wildman–Crippen LogP) is 4.38. The van der Waals surface area contributed by atoms with Gasteiger partial charge in [-0.15, -0.1) is 0 Å². The van der Waals surface area contributed by atoms with Gasteiger partial charge in [-0.1, -0.05) is 12.8 Å². The van der Waals surface area contributed by atoms with Crippen LogP contribution in [0.15, 0.2) is 58.3 Å². The highest BCUT2D eigenvalue weighted by Crippen LogP contribution is 2.36. The summed E-state index contributed by atoms with van der Waals surface area (Å²) in [5, 5.41) is 18.1. The fourth-order valence-electron chi connectivity index (χ4n) is 4.21. The van der Waals surface area contributed by atoms with Crippen LogP contribution in [0.3, 0.4) is 0 Å². The number of aromatic nitrogens is 4. The molecule has 2 atom stereocenters. The molecule has 0 saturated heterocycles. The molecule has 0 spiro atoms. The molecule has 3 heterocycles. The molecule has 5 rings (SSSR count). The molecule has 2 N–H and O–H groups in total. The van der Waals surface area contributed by atoms with Crippen LogP contribution in [0.25, 0.3) is 22.2 Å². The molecule has 30 heavy (non-hydrogen) atoms. The third-order valence-electron chi connectivity index (χ3n) is 5.70. The summed E-state index contributed by atoms with van der Waals surface area (Å²) in [7, 11) is 0. The first-order valence-corrected chi connectivity index (χ1v) is 10.00. The van der Waals surface area contributed by atoms with Crippen LogP contribution in [0, 0.1) is 17.2 Å². The number of anilines is 2. The number of nitrogens with one attached hydrogen (secondary N) is 2. The normalized spacial score (nSPS) is 18.9. The van der Waals surface area contributed by atoms with Crippen molar-refractivity contribution < 1.29 is 4.42 Å². The van der Waals surface area contributed by atoms with Crippen LogP contribution in [0.1, 0.15) is 31.7 Å². The number of hydrogen-bond donors (Lipinski definition) is 2. The molecule has 0 amide bonds. The Morgan fingerprint density at radius 2 is 2.03 bits per heavy atom. The van der Waals surface area contributed by atoms with Crippen LogP contribution in [-0.2, 0) is 0 Å². The topological polar surface area (TPSA) is 113 Å². The van der Waals surface area contributed by atoms with Gasteiger partial charge in [0.15, 0.2) is 18.0 Å². The van der Waals surface area contributed by atoms with E-state index < -0.39 is 0 Å². The maximum atomic E-state index is 12.6. The zero-order chi connectivity index (χ0) is 20.5. The average molecular weight is 400 g/mol. The van der Waals surface area contributed by atoms with E-state index in [0.29, 0.717) is 17.0 Å². The maximum Gasteiger partial charge on any atom is 0.261 e. The van der Waals surface area contributed by atoms with Gasteiger partial charge in [-0.25, -0.2) is 4.98 Å². The van der Waals surface area contributed by atoms with Gasteiger partial charge in [-0.3, -0.25) is 9.48 Å². The minimum Gasteiger partial charge on any atom is -0.444 e. The molecule has 1 aliphatic rings. The third-order valence-corrected chi connectivity index (χ3v) is 5.70. The van der Waals surface area contributed by atoms with Crippen LogP contribution in [0.5, 0.6) is 0 Å². The van der Waals surface area contributed by atoms with Crippen LogP contribution in [-0.4, -0.2) is 19.7 Å². The summed E-state index contributed by atoms with van der Waals surface area (Å²) in [6.45, 7) is 0. The molecule has 0 aliphatic heterocycles. The number of nitriles is 1. The van der Waals surface area contributed by atoms with Crippen molar-refractivity contribution in [1.29, 1.82) is 5.26 Å². The van der Waals surface area contributed by atoms with E-state index >= 15 is 0 Å². The number of hydrogen-bond acceptors (Lipinski definition) is 6. The van der Waals surface area contributed by atoms with Gasteiger partial charge in [-0.05, 0) is 43.2 Å². The number of benzene rings is 1. The summed E-state index contributed by atoms with van der Waals surface area (Å²) in [5.41, 5.74) is 2.24. The lowest BCUT2D eigenvalue weighted by Crippen LogP contribution is -2.23. The number of oxazole rings is 1. The SMILES string of the molecule is N#CC1CCCC[C@@H]1n1nc(Nc2ccc(-c3cnco3)cc2)c2c(=O)[nH]ccc21. The predicted molar refractivity (Wildman–Crippen MR) is 112 cm³/mol. The molecule has 8 heteroatoms. The van der Waals surface area contributed by atoms with Crippen molar-refractivity contribution >= 4 is 22.4 Å². The summed E-state index contributed by atoms with van der Waals surface area (Å²) in [5.74, 6) is 1.07. The largest absolute Gasteiger partial charge is 0.444 e. The molecule has 1 fully saturated rings. The Labute approximate surface area is 172 Å². The van der Waals surface area contributed by atoms with E-state index in [-0.39, 0.29) is 17.5 Å². The van der Waals surface area contributed by atoms with E-state index in [4.69, 9.17) is 9.52 Å². The van der Waals surface area contributed by atoms with Gasteiger partial charge in [0.1, 0.15) is 5.39 Å². The molecule has 150 valence electrons. The third kappa shape index (κ3) is 3.14. The van der Waals surface area contributed by atoms with Crippen molar-refractivity contribution in [3.63, 3.8) is 0 Å². The van der Waals surface area contributed by atoms with Gasteiger partial charge >= 0.3 is 0 Å². The fraction of sp³-hybridized carbons (Fsp3) is 0.273. The molecule has 3 aromatic heterocycles. The van der Waals surface area contributed by atoms with Gasteiger partial charge < -0.3 is 14.7 Å². The van der Waals surface area contributed by atoms with Gasteiger partial charge in [0.25, 0.3) is 5.56 Å². The van der Waals surface area contributed by atoms with Crippen LogP contribution >= 0.6 is 0 Å². The van der Waals surface area contributed by atoms with Crippen molar-refractivity contribution in [1.82, 2.24) is 19.7 Å². The van der Waals surface area contributed by atoms with Crippen LogP contribution in [0.2, 0.25) is 0 Å². The summed E-state index contributed by atoms with van der Waals surface area (Å²) in [4.78, 5) is 19.3. The molecule has 4 aromatic rings. The first kappa shape index (κ1) is 18.2. The molecule has 0 bridgehead atoms. The maximum absolute atomic E-state index is 12.6. The van der Waals surface area contributed by atoms with Crippen molar-refractivity contribution in [2.24, 2.45) is 5.92 Å².